The lowest BCUT2D eigenvalue weighted by atomic mass is 10.1. The summed E-state index contributed by atoms with van der Waals surface area (Å²) in [6.45, 7) is 6.64. The number of nitrogens with two attached hydrogens (primary N) is 1. The van der Waals surface area contributed by atoms with Crippen LogP contribution in [0, 0.1) is 0 Å². The number of aromatic nitrogens is 2. The molecule has 26 heavy (non-hydrogen) atoms. The van der Waals surface area contributed by atoms with Crippen molar-refractivity contribution in [3.8, 4) is 0 Å². The van der Waals surface area contributed by atoms with Crippen molar-refractivity contribution in [1.29, 1.82) is 0 Å². The van der Waals surface area contributed by atoms with Gasteiger partial charge >= 0.3 is 0 Å². The third kappa shape index (κ3) is 3.86. The number of hydrogen-bond donors (Lipinski definition) is 2. The van der Waals surface area contributed by atoms with E-state index < -0.39 is 0 Å². The van der Waals surface area contributed by atoms with Gasteiger partial charge in [0.15, 0.2) is 0 Å². The number of piperidine rings is 1. The highest BCUT2D eigenvalue weighted by Gasteiger charge is 2.23. The van der Waals surface area contributed by atoms with Crippen molar-refractivity contribution in [1.82, 2.24) is 19.6 Å². The van der Waals surface area contributed by atoms with E-state index in [1.54, 1.807) is 0 Å². The third-order valence-electron chi connectivity index (χ3n) is 5.67. The van der Waals surface area contributed by atoms with Gasteiger partial charge in [0.1, 0.15) is 0 Å². The summed E-state index contributed by atoms with van der Waals surface area (Å²) in [4.78, 5) is 17.6. The minimum atomic E-state index is 0.166. The summed E-state index contributed by atoms with van der Waals surface area (Å²) >= 11 is 0. The van der Waals surface area contributed by atoms with E-state index >= 15 is 0 Å². The molecule has 0 saturated carbocycles. The normalized spacial score (nSPS) is 18.8. The van der Waals surface area contributed by atoms with Crippen LogP contribution >= 0.6 is 0 Å². The van der Waals surface area contributed by atoms with E-state index in [9.17, 15) is 4.79 Å². The highest BCUT2D eigenvalue weighted by Crippen LogP contribution is 2.17. The van der Waals surface area contributed by atoms with E-state index in [0.717, 1.165) is 56.1 Å². The Hall–Kier alpha value is -2.05. The van der Waals surface area contributed by atoms with Gasteiger partial charge in [0, 0.05) is 44.0 Å². The molecule has 3 N–H and O–H groups in total. The first kappa shape index (κ1) is 17.4. The Kier molecular flexibility index (Phi) is 5.13. The van der Waals surface area contributed by atoms with E-state index in [1.165, 1.54) is 37.9 Å². The van der Waals surface area contributed by atoms with Crippen molar-refractivity contribution in [3.05, 3.63) is 51.4 Å². The van der Waals surface area contributed by atoms with Gasteiger partial charge in [-0.1, -0.05) is 18.6 Å². The third-order valence-corrected chi connectivity index (χ3v) is 5.67. The van der Waals surface area contributed by atoms with E-state index in [0.29, 0.717) is 0 Å². The number of rotatable bonds is 5. The zero-order chi connectivity index (χ0) is 17.9. The number of nitrogen functional groups attached to an aromatic ring is 1. The number of likely N-dealkylation sites (tertiary alicyclic amines) is 1. The van der Waals surface area contributed by atoms with Crippen LogP contribution in [0.25, 0.3) is 0 Å². The lowest BCUT2D eigenvalue weighted by molar-refractivity contribution is 0.217. The first-order valence-corrected chi connectivity index (χ1v) is 9.79. The van der Waals surface area contributed by atoms with Crippen LogP contribution < -0.4 is 11.3 Å². The van der Waals surface area contributed by atoms with E-state index in [-0.39, 0.29) is 5.56 Å². The maximum absolute atomic E-state index is 12.8. The van der Waals surface area contributed by atoms with Crippen LogP contribution in [0.3, 0.4) is 0 Å². The molecule has 0 spiro atoms. The first-order chi connectivity index (χ1) is 12.7. The van der Waals surface area contributed by atoms with Gasteiger partial charge < -0.3 is 10.6 Å². The molecule has 2 aliphatic heterocycles. The molecular formula is C20H29N5O. The zero-order valence-corrected chi connectivity index (χ0v) is 15.4. The van der Waals surface area contributed by atoms with Gasteiger partial charge in [0.2, 0.25) is 0 Å². The molecule has 1 aromatic carbocycles. The molecule has 2 aliphatic rings. The van der Waals surface area contributed by atoms with Gasteiger partial charge in [-0.25, -0.2) is 0 Å². The molecule has 0 unspecified atom stereocenters. The summed E-state index contributed by atoms with van der Waals surface area (Å²) in [7, 11) is 0. The van der Waals surface area contributed by atoms with Crippen LogP contribution in [0.4, 0.5) is 5.69 Å². The highest BCUT2D eigenvalue weighted by molar-refractivity contribution is 5.39. The summed E-state index contributed by atoms with van der Waals surface area (Å²) < 4.78 is 1.83. The minimum Gasteiger partial charge on any atom is -0.399 e. The Labute approximate surface area is 154 Å². The molecule has 6 nitrogen and oxygen atoms in total. The molecule has 1 saturated heterocycles. The molecule has 0 amide bonds. The predicted molar refractivity (Wildman–Crippen MR) is 104 cm³/mol. The number of nitrogens with zero attached hydrogens (tertiary/aromatic N) is 3. The fourth-order valence-corrected chi connectivity index (χ4v) is 4.11. The van der Waals surface area contributed by atoms with Crippen LogP contribution in [0.1, 0.15) is 36.1 Å². The van der Waals surface area contributed by atoms with Crippen molar-refractivity contribution in [2.45, 2.75) is 45.3 Å². The highest BCUT2D eigenvalue weighted by atomic mass is 16.1. The van der Waals surface area contributed by atoms with Crippen LogP contribution in [0.2, 0.25) is 0 Å². The quantitative estimate of drug-likeness (QED) is 0.803. The number of H-pyrrole nitrogens is 1. The summed E-state index contributed by atoms with van der Waals surface area (Å²) in [6.07, 6.45) is 4.83. The second kappa shape index (κ2) is 7.68. The van der Waals surface area contributed by atoms with Crippen LogP contribution in [0.5, 0.6) is 0 Å². The van der Waals surface area contributed by atoms with Crippen LogP contribution in [0.15, 0.2) is 29.1 Å². The molecule has 6 heteroatoms. The van der Waals surface area contributed by atoms with Crippen LogP contribution in [-0.2, 0) is 26.1 Å². The van der Waals surface area contributed by atoms with Crippen molar-refractivity contribution >= 4 is 5.69 Å². The van der Waals surface area contributed by atoms with Crippen molar-refractivity contribution in [3.63, 3.8) is 0 Å². The van der Waals surface area contributed by atoms with Gasteiger partial charge in [-0.2, -0.15) is 0 Å². The monoisotopic (exact) mass is 355 g/mol. The standard InChI is InChI=1S/C20H29N5O/c21-17-6-4-16(5-7-17)14-24-11-8-19-18(15-24)20(26)25(22-19)13-12-23-9-2-1-3-10-23/h4-7,22H,1-3,8-15,21H2. The Morgan fingerprint density at radius 3 is 2.50 bits per heavy atom. The van der Waals surface area contributed by atoms with Gasteiger partial charge in [0.05, 0.1) is 12.1 Å². The largest absolute Gasteiger partial charge is 0.399 e. The topological polar surface area (TPSA) is 70.3 Å². The minimum absolute atomic E-state index is 0.166. The lowest BCUT2D eigenvalue weighted by Crippen LogP contribution is -2.35. The van der Waals surface area contributed by atoms with Crippen molar-refractivity contribution in [2.75, 3.05) is 31.9 Å². The SMILES string of the molecule is Nc1ccc(CN2CCc3[nH]n(CCN4CCCCC4)c(=O)c3C2)cc1. The van der Waals surface area contributed by atoms with Crippen LogP contribution in [-0.4, -0.2) is 45.8 Å². The number of nitrogens with one attached hydrogen (secondary N) is 1. The molecule has 2 aromatic rings. The Bertz CT molecular complexity index is 786. The van der Waals surface area contributed by atoms with Crippen molar-refractivity contribution < 1.29 is 0 Å². The number of anilines is 1. The van der Waals surface area contributed by atoms with Gasteiger partial charge in [-0.05, 0) is 43.6 Å². The maximum Gasteiger partial charge on any atom is 0.271 e. The average Bonchev–Trinajstić information content (AvgIpc) is 2.98. The first-order valence-electron chi connectivity index (χ1n) is 9.79. The number of benzene rings is 1. The van der Waals surface area contributed by atoms with E-state index in [1.807, 2.05) is 16.8 Å². The Morgan fingerprint density at radius 2 is 1.73 bits per heavy atom. The molecule has 1 aromatic heterocycles. The van der Waals surface area contributed by atoms with Gasteiger partial charge in [-0.3, -0.25) is 19.5 Å². The Balaban J connectivity index is 1.39. The van der Waals surface area contributed by atoms with Crippen molar-refractivity contribution in [2.24, 2.45) is 0 Å². The lowest BCUT2D eigenvalue weighted by Gasteiger charge is -2.26. The second-order valence-electron chi connectivity index (χ2n) is 7.63. The summed E-state index contributed by atoms with van der Waals surface area (Å²) in [5.74, 6) is 0. The van der Waals surface area contributed by atoms with Gasteiger partial charge in [-0.15, -0.1) is 0 Å². The zero-order valence-electron chi connectivity index (χ0n) is 15.4. The predicted octanol–water partition coefficient (Wildman–Crippen LogP) is 1.80. The molecule has 4 rings (SSSR count). The fraction of sp³-hybridized carbons (Fsp3) is 0.550. The number of hydrogen-bond acceptors (Lipinski definition) is 4. The van der Waals surface area contributed by atoms with E-state index in [2.05, 4.69) is 27.0 Å². The molecule has 3 heterocycles. The molecule has 140 valence electrons. The van der Waals surface area contributed by atoms with E-state index in [4.69, 9.17) is 5.73 Å². The summed E-state index contributed by atoms with van der Waals surface area (Å²) in [6, 6.07) is 8.01. The molecule has 0 aliphatic carbocycles. The molecule has 1 fully saturated rings. The summed E-state index contributed by atoms with van der Waals surface area (Å²) in [5, 5.41) is 3.37. The average molecular weight is 355 g/mol. The van der Waals surface area contributed by atoms with Gasteiger partial charge in [0.25, 0.3) is 5.56 Å². The smallest absolute Gasteiger partial charge is 0.271 e. The number of aromatic amines is 1. The number of fused-ring (bicyclic) bond motifs is 1. The maximum atomic E-state index is 12.8. The molecule has 0 radical (unpaired) electrons. The second-order valence-corrected chi connectivity index (χ2v) is 7.63. The Morgan fingerprint density at radius 1 is 0.962 bits per heavy atom. The summed E-state index contributed by atoms with van der Waals surface area (Å²) in [5.41, 5.74) is 10.0. The fourth-order valence-electron chi connectivity index (χ4n) is 4.11. The molecular weight excluding hydrogens is 326 g/mol. The molecule has 0 bridgehead atoms. The molecule has 0 atom stereocenters.